The summed E-state index contributed by atoms with van der Waals surface area (Å²) >= 11 is 0. The zero-order valence-electron chi connectivity index (χ0n) is 6.12. The van der Waals surface area contributed by atoms with Crippen molar-refractivity contribution in [2.24, 2.45) is 0 Å². The van der Waals surface area contributed by atoms with Crippen LogP contribution in [0.4, 0.5) is 0 Å². The molecule has 1 aliphatic carbocycles. The minimum atomic E-state index is -0.695. The molecular formula is C7H15Si+. The van der Waals surface area contributed by atoms with Gasteiger partial charge in [0.1, 0.15) is 12.8 Å². The third kappa shape index (κ3) is 2.41. The molecule has 0 saturated heterocycles. The Balaban J connectivity index is 2.16. The molecule has 0 N–H and O–H groups in total. The first-order valence-corrected chi connectivity index (χ1v) is 7.12. The van der Waals surface area contributed by atoms with Crippen LogP contribution in [0, 0.1) is 5.92 Å². The second kappa shape index (κ2) is 1.80. The van der Waals surface area contributed by atoms with Crippen molar-refractivity contribution in [3.8, 4) is 0 Å². The molecule has 0 radical (unpaired) electrons. The van der Waals surface area contributed by atoms with E-state index in [4.69, 9.17) is 0 Å². The SMILES string of the molecule is C[Si](C)(C)C[C+]1CC1. The average Bonchev–Trinajstić information content (AvgIpc) is 2.12. The second-order valence-corrected chi connectivity index (χ2v) is 9.46. The van der Waals surface area contributed by atoms with Gasteiger partial charge in [-0.3, -0.25) is 0 Å². The molecule has 1 heteroatoms. The van der Waals surface area contributed by atoms with Crippen molar-refractivity contribution >= 4 is 8.07 Å². The van der Waals surface area contributed by atoms with Gasteiger partial charge in [0.25, 0.3) is 0 Å². The highest BCUT2D eigenvalue weighted by Gasteiger charge is 2.40. The van der Waals surface area contributed by atoms with E-state index in [0.29, 0.717) is 0 Å². The lowest BCUT2D eigenvalue weighted by atomic mass is 10.5. The molecule has 0 aliphatic heterocycles. The first-order valence-electron chi connectivity index (χ1n) is 3.41. The predicted molar refractivity (Wildman–Crippen MR) is 40.6 cm³/mol. The van der Waals surface area contributed by atoms with Gasteiger partial charge >= 0.3 is 0 Å². The Labute approximate surface area is 53.3 Å². The van der Waals surface area contributed by atoms with Crippen LogP contribution in [0.3, 0.4) is 0 Å². The minimum Gasteiger partial charge on any atom is -0.0657 e. The van der Waals surface area contributed by atoms with E-state index in [2.05, 4.69) is 19.6 Å². The van der Waals surface area contributed by atoms with Crippen molar-refractivity contribution in [2.75, 3.05) is 0 Å². The molecule has 1 fully saturated rings. The van der Waals surface area contributed by atoms with Gasteiger partial charge in [0, 0.05) is 0 Å². The molecular weight excluding hydrogens is 112 g/mol. The lowest BCUT2D eigenvalue weighted by Gasteiger charge is -2.07. The van der Waals surface area contributed by atoms with Gasteiger partial charge in [-0.05, 0) is 0 Å². The predicted octanol–water partition coefficient (Wildman–Crippen LogP) is 2.69. The standard InChI is InChI=1S/C7H15Si/c1-8(2,3)6-7-4-5-7/h4-6H2,1-3H3/q+1. The zero-order valence-corrected chi connectivity index (χ0v) is 7.12. The Morgan fingerprint density at radius 3 is 1.88 bits per heavy atom. The lowest BCUT2D eigenvalue weighted by molar-refractivity contribution is 1.30. The number of rotatable bonds is 2. The molecule has 0 amide bonds. The van der Waals surface area contributed by atoms with E-state index in [-0.39, 0.29) is 0 Å². The molecule has 0 spiro atoms. The molecule has 1 rings (SSSR count). The van der Waals surface area contributed by atoms with Crippen LogP contribution in [0.5, 0.6) is 0 Å². The zero-order chi connectivity index (χ0) is 6.20. The molecule has 1 saturated carbocycles. The number of hydrogen-bond acceptors (Lipinski definition) is 0. The Morgan fingerprint density at radius 2 is 1.75 bits per heavy atom. The molecule has 0 aromatic heterocycles. The smallest absolute Gasteiger partial charge is 0.0657 e. The Kier molecular flexibility index (Phi) is 1.40. The highest BCUT2D eigenvalue weighted by molar-refractivity contribution is 6.76. The fraction of sp³-hybridized carbons (Fsp3) is 0.857. The molecule has 0 aromatic carbocycles. The van der Waals surface area contributed by atoms with Crippen molar-refractivity contribution < 1.29 is 0 Å². The summed E-state index contributed by atoms with van der Waals surface area (Å²) in [5.41, 5.74) is 0. The lowest BCUT2D eigenvalue weighted by Crippen LogP contribution is -2.18. The van der Waals surface area contributed by atoms with Crippen LogP contribution in [0.25, 0.3) is 0 Å². The summed E-state index contributed by atoms with van der Waals surface area (Å²) in [6.45, 7) is 7.33. The van der Waals surface area contributed by atoms with Crippen LogP contribution in [-0.4, -0.2) is 8.07 Å². The second-order valence-electron chi connectivity index (χ2n) is 3.99. The van der Waals surface area contributed by atoms with Crippen LogP contribution < -0.4 is 0 Å². The van der Waals surface area contributed by atoms with Crippen molar-refractivity contribution in [1.82, 2.24) is 0 Å². The van der Waals surface area contributed by atoms with Gasteiger partial charge in [0.2, 0.25) is 0 Å². The fourth-order valence-electron chi connectivity index (χ4n) is 1.02. The minimum absolute atomic E-state index is 0.695. The molecule has 46 valence electrons. The van der Waals surface area contributed by atoms with Gasteiger partial charge in [0.15, 0.2) is 0 Å². The van der Waals surface area contributed by atoms with Gasteiger partial charge in [0.05, 0.1) is 20.0 Å². The van der Waals surface area contributed by atoms with E-state index in [1.54, 1.807) is 0 Å². The Bertz CT molecular complexity index is 76.9. The molecule has 0 nitrogen and oxygen atoms in total. The summed E-state index contributed by atoms with van der Waals surface area (Å²) < 4.78 is 0. The molecule has 0 unspecified atom stereocenters. The van der Waals surface area contributed by atoms with Crippen LogP contribution >= 0.6 is 0 Å². The van der Waals surface area contributed by atoms with Crippen LogP contribution in [0.1, 0.15) is 12.8 Å². The van der Waals surface area contributed by atoms with Crippen molar-refractivity contribution in [1.29, 1.82) is 0 Å². The van der Waals surface area contributed by atoms with E-state index in [1.165, 1.54) is 18.9 Å². The van der Waals surface area contributed by atoms with Crippen LogP contribution in [0.15, 0.2) is 0 Å². The maximum atomic E-state index is 2.44. The first-order chi connectivity index (χ1) is 3.58. The Hall–Kier alpha value is 0.0869. The van der Waals surface area contributed by atoms with Gasteiger partial charge in [-0.15, -0.1) is 0 Å². The monoisotopic (exact) mass is 127 g/mol. The third-order valence-electron chi connectivity index (χ3n) is 1.38. The highest BCUT2D eigenvalue weighted by Crippen LogP contribution is 2.39. The third-order valence-corrected chi connectivity index (χ3v) is 2.94. The molecule has 8 heavy (non-hydrogen) atoms. The quantitative estimate of drug-likeness (QED) is 0.395. The van der Waals surface area contributed by atoms with E-state index < -0.39 is 8.07 Å². The maximum Gasteiger partial charge on any atom is 0.130 e. The first kappa shape index (κ1) is 6.21. The highest BCUT2D eigenvalue weighted by atomic mass is 28.3. The van der Waals surface area contributed by atoms with Crippen LogP contribution in [0.2, 0.25) is 25.7 Å². The fourth-order valence-corrected chi connectivity index (χ4v) is 2.87. The van der Waals surface area contributed by atoms with Gasteiger partial charge < -0.3 is 0 Å². The van der Waals surface area contributed by atoms with E-state index >= 15 is 0 Å². The molecule has 0 aromatic rings. The largest absolute Gasteiger partial charge is 0.130 e. The van der Waals surface area contributed by atoms with Gasteiger partial charge in [-0.2, -0.15) is 0 Å². The summed E-state index contributed by atoms with van der Waals surface area (Å²) in [6.07, 6.45) is 2.90. The van der Waals surface area contributed by atoms with Crippen LogP contribution in [-0.2, 0) is 0 Å². The van der Waals surface area contributed by atoms with E-state index in [0.717, 1.165) is 0 Å². The van der Waals surface area contributed by atoms with Crippen molar-refractivity contribution in [3.05, 3.63) is 5.92 Å². The number of hydrogen-bond donors (Lipinski definition) is 0. The van der Waals surface area contributed by atoms with Crippen molar-refractivity contribution in [2.45, 2.75) is 38.5 Å². The molecule has 1 aliphatic rings. The summed E-state index contributed by atoms with van der Waals surface area (Å²) in [4.78, 5) is 0. The molecule has 0 bridgehead atoms. The average molecular weight is 127 g/mol. The van der Waals surface area contributed by atoms with Gasteiger partial charge in [-0.1, -0.05) is 19.6 Å². The maximum absolute atomic E-state index is 2.44. The van der Waals surface area contributed by atoms with Gasteiger partial charge in [-0.25, -0.2) is 0 Å². The van der Waals surface area contributed by atoms with Crippen molar-refractivity contribution in [3.63, 3.8) is 0 Å². The Morgan fingerprint density at radius 1 is 1.25 bits per heavy atom. The summed E-state index contributed by atoms with van der Waals surface area (Å²) in [5, 5.41) is 0. The van der Waals surface area contributed by atoms with E-state index in [1.807, 2.05) is 5.92 Å². The molecule has 0 heterocycles. The molecule has 0 atom stereocenters. The topological polar surface area (TPSA) is 0 Å². The summed E-state index contributed by atoms with van der Waals surface area (Å²) in [7, 11) is -0.695. The normalized spacial score (nSPS) is 19.1. The summed E-state index contributed by atoms with van der Waals surface area (Å²) in [5.74, 6) is 1.84. The van der Waals surface area contributed by atoms with E-state index in [9.17, 15) is 0 Å². The summed E-state index contributed by atoms with van der Waals surface area (Å²) in [6, 6.07) is 1.49.